The summed E-state index contributed by atoms with van der Waals surface area (Å²) in [6, 6.07) is 10.7. The number of carbonyl (C=O) groups is 1. The molecule has 2 aromatic carbocycles. The van der Waals surface area contributed by atoms with Gasteiger partial charge in [0.2, 0.25) is 5.91 Å². The number of benzene rings is 2. The SMILES string of the molecule is CC(C)CN1C(C)CCC1C(=O)Nc1cc(C(F)(F)F)ccc1-c1cc(Nc2cccc3c2CC(O)CC3)ncn1. The molecule has 41 heavy (non-hydrogen) atoms. The van der Waals surface area contributed by atoms with Gasteiger partial charge in [-0.3, -0.25) is 9.69 Å². The van der Waals surface area contributed by atoms with Crippen LogP contribution in [0, 0.1) is 5.92 Å². The molecule has 1 aliphatic carbocycles. The second kappa shape index (κ2) is 11.8. The van der Waals surface area contributed by atoms with Gasteiger partial charge in [-0.15, -0.1) is 0 Å². The number of anilines is 3. The van der Waals surface area contributed by atoms with Crippen LogP contribution in [0.25, 0.3) is 11.3 Å². The van der Waals surface area contributed by atoms with Crippen LogP contribution in [0.5, 0.6) is 0 Å². The van der Waals surface area contributed by atoms with E-state index in [0.717, 1.165) is 48.3 Å². The van der Waals surface area contributed by atoms with Crippen molar-refractivity contribution >= 4 is 23.1 Å². The Morgan fingerprint density at radius 2 is 1.90 bits per heavy atom. The number of carbonyl (C=O) groups excluding carboxylic acids is 1. The number of nitrogens with zero attached hydrogens (tertiary/aromatic N) is 3. The summed E-state index contributed by atoms with van der Waals surface area (Å²) in [5.41, 5.74) is 2.93. The monoisotopic (exact) mass is 567 g/mol. The van der Waals surface area contributed by atoms with Crippen molar-refractivity contribution in [2.75, 3.05) is 17.2 Å². The molecule has 10 heteroatoms. The van der Waals surface area contributed by atoms with Crippen LogP contribution in [0.15, 0.2) is 48.8 Å². The molecule has 218 valence electrons. The highest BCUT2D eigenvalue weighted by molar-refractivity contribution is 5.98. The van der Waals surface area contributed by atoms with E-state index in [9.17, 15) is 23.1 Å². The van der Waals surface area contributed by atoms with Crippen LogP contribution in [0.3, 0.4) is 0 Å². The fraction of sp³-hybridized carbons (Fsp3) is 0.452. The predicted octanol–water partition coefficient (Wildman–Crippen LogP) is 6.20. The molecule has 3 unspecified atom stereocenters. The molecule has 1 fully saturated rings. The highest BCUT2D eigenvalue weighted by Crippen LogP contribution is 2.37. The topological polar surface area (TPSA) is 90.4 Å². The van der Waals surface area contributed by atoms with Crippen LogP contribution in [0.4, 0.5) is 30.4 Å². The Morgan fingerprint density at radius 3 is 2.66 bits per heavy atom. The lowest BCUT2D eigenvalue weighted by Gasteiger charge is -2.29. The second-order valence-corrected chi connectivity index (χ2v) is 11.5. The average Bonchev–Trinajstić information content (AvgIpc) is 3.28. The van der Waals surface area contributed by atoms with Crippen LogP contribution < -0.4 is 10.6 Å². The number of aliphatic hydroxyl groups is 1. The largest absolute Gasteiger partial charge is 0.416 e. The fourth-order valence-corrected chi connectivity index (χ4v) is 5.91. The van der Waals surface area contributed by atoms with Gasteiger partial charge in [-0.25, -0.2) is 9.97 Å². The van der Waals surface area contributed by atoms with Crippen molar-refractivity contribution < 1.29 is 23.1 Å². The van der Waals surface area contributed by atoms with E-state index in [1.54, 1.807) is 6.07 Å². The highest BCUT2D eigenvalue weighted by Gasteiger charge is 2.37. The van der Waals surface area contributed by atoms with Gasteiger partial charge in [-0.2, -0.15) is 13.2 Å². The zero-order chi connectivity index (χ0) is 29.3. The van der Waals surface area contributed by atoms with Crippen molar-refractivity contribution in [3.63, 3.8) is 0 Å². The molecule has 0 saturated carbocycles. The molecule has 5 rings (SSSR count). The summed E-state index contributed by atoms with van der Waals surface area (Å²) in [7, 11) is 0. The standard InChI is InChI=1S/C31H36F3N5O2/c1-18(2)16-39-19(3)7-12-28(39)30(41)38-27-13-21(31(32,33)34)9-11-23(27)26-15-29(36-17-35-26)37-25-6-4-5-20-8-10-22(40)14-24(20)25/h4-6,9,11,13,15,17-19,22,28,40H,7-8,10,12,14,16H2,1-3H3,(H,38,41)(H,35,36,37). The van der Waals surface area contributed by atoms with E-state index in [2.05, 4.69) is 46.3 Å². The number of aromatic nitrogens is 2. The number of hydrogen-bond donors (Lipinski definition) is 3. The summed E-state index contributed by atoms with van der Waals surface area (Å²) in [6.45, 7) is 6.97. The Bertz CT molecular complexity index is 1410. The van der Waals surface area contributed by atoms with Crippen LogP contribution >= 0.6 is 0 Å². The Kier molecular flexibility index (Phi) is 8.33. The van der Waals surface area contributed by atoms with Crippen LogP contribution in [0.1, 0.15) is 56.7 Å². The van der Waals surface area contributed by atoms with Crippen LogP contribution in [-0.4, -0.2) is 50.6 Å². The van der Waals surface area contributed by atoms with E-state index in [1.165, 1.54) is 12.4 Å². The molecule has 1 aromatic heterocycles. The lowest BCUT2D eigenvalue weighted by molar-refractivity contribution is -0.137. The summed E-state index contributed by atoms with van der Waals surface area (Å²) in [6.07, 6.45) is -0.126. The molecular formula is C31H36F3N5O2. The number of amides is 1. The van der Waals surface area contributed by atoms with Crippen molar-refractivity contribution in [1.29, 1.82) is 0 Å². The maximum Gasteiger partial charge on any atom is 0.416 e. The third kappa shape index (κ3) is 6.54. The van der Waals surface area contributed by atoms with E-state index in [-0.39, 0.29) is 17.6 Å². The maximum absolute atomic E-state index is 13.7. The first-order chi connectivity index (χ1) is 19.5. The summed E-state index contributed by atoms with van der Waals surface area (Å²) < 4.78 is 41.1. The number of halogens is 3. The fourth-order valence-electron chi connectivity index (χ4n) is 5.91. The van der Waals surface area contributed by atoms with Gasteiger partial charge >= 0.3 is 6.18 Å². The third-order valence-corrected chi connectivity index (χ3v) is 7.97. The summed E-state index contributed by atoms with van der Waals surface area (Å²) >= 11 is 0. The highest BCUT2D eigenvalue weighted by atomic mass is 19.4. The lowest BCUT2D eigenvalue weighted by Crippen LogP contribution is -2.44. The first kappa shape index (κ1) is 29.0. The van der Waals surface area contributed by atoms with E-state index in [4.69, 9.17) is 0 Å². The Hall–Kier alpha value is -3.50. The molecule has 0 spiro atoms. The third-order valence-electron chi connectivity index (χ3n) is 7.97. The molecule has 7 nitrogen and oxygen atoms in total. The molecule has 1 amide bonds. The number of fused-ring (bicyclic) bond motifs is 1. The Labute approximate surface area is 238 Å². The van der Waals surface area contributed by atoms with Gasteiger partial charge < -0.3 is 15.7 Å². The summed E-state index contributed by atoms with van der Waals surface area (Å²) in [5.74, 6) is 0.478. The molecule has 3 atom stereocenters. The molecule has 1 aliphatic heterocycles. The number of rotatable bonds is 7. The zero-order valence-corrected chi connectivity index (χ0v) is 23.5. The molecular weight excluding hydrogens is 531 g/mol. The van der Waals surface area contributed by atoms with Crippen molar-refractivity contribution in [3.8, 4) is 11.3 Å². The van der Waals surface area contributed by atoms with Gasteiger partial charge in [0, 0.05) is 36.3 Å². The number of aliphatic hydroxyl groups excluding tert-OH is 1. The lowest BCUT2D eigenvalue weighted by atomic mass is 9.88. The number of aryl methyl sites for hydroxylation is 1. The Balaban J connectivity index is 1.46. The van der Waals surface area contributed by atoms with E-state index >= 15 is 0 Å². The van der Waals surface area contributed by atoms with Crippen LogP contribution in [0.2, 0.25) is 0 Å². The first-order valence-corrected chi connectivity index (χ1v) is 14.2. The Morgan fingerprint density at radius 1 is 1.10 bits per heavy atom. The first-order valence-electron chi connectivity index (χ1n) is 14.2. The van der Waals surface area contributed by atoms with Crippen molar-refractivity contribution in [2.24, 2.45) is 5.92 Å². The molecule has 3 aromatic rings. The van der Waals surface area contributed by atoms with Gasteiger partial charge in [0.15, 0.2) is 0 Å². The second-order valence-electron chi connectivity index (χ2n) is 11.5. The molecule has 2 heterocycles. The number of hydrogen-bond acceptors (Lipinski definition) is 6. The van der Waals surface area contributed by atoms with Gasteiger partial charge in [-0.1, -0.05) is 32.0 Å². The summed E-state index contributed by atoms with van der Waals surface area (Å²) in [5, 5.41) is 16.3. The van der Waals surface area contributed by atoms with E-state index < -0.39 is 23.9 Å². The maximum atomic E-state index is 13.7. The molecule has 0 bridgehead atoms. The molecule has 2 aliphatic rings. The number of alkyl halides is 3. The number of nitrogens with one attached hydrogen (secondary N) is 2. The minimum absolute atomic E-state index is 0.0544. The van der Waals surface area contributed by atoms with E-state index in [1.807, 2.05) is 18.2 Å². The quantitative estimate of drug-likeness (QED) is 0.315. The van der Waals surface area contributed by atoms with E-state index in [0.29, 0.717) is 42.3 Å². The van der Waals surface area contributed by atoms with Gasteiger partial charge in [0.1, 0.15) is 12.1 Å². The normalized spacial score (nSPS) is 21.1. The molecule has 1 saturated heterocycles. The van der Waals surface area contributed by atoms with Gasteiger partial charge in [-0.05, 0) is 67.9 Å². The average molecular weight is 568 g/mol. The predicted molar refractivity (Wildman–Crippen MR) is 153 cm³/mol. The minimum atomic E-state index is -4.57. The number of likely N-dealkylation sites (tertiary alicyclic amines) is 1. The zero-order valence-electron chi connectivity index (χ0n) is 23.5. The minimum Gasteiger partial charge on any atom is -0.393 e. The van der Waals surface area contributed by atoms with Gasteiger partial charge in [0.25, 0.3) is 0 Å². The van der Waals surface area contributed by atoms with Crippen molar-refractivity contribution in [3.05, 3.63) is 65.5 Å². The van der Waals surface area contributed by atoms with Crippen molar-refractivity contribution in [1.82, 2.24) is 14.9 Å². The van der Waals surface area contributed by atoms with Gasteiger partial charge in [0.05, 0.1) is 29.1 Å². The smallest absolute Gasteiger partial charge is 0.393 e. The molecule has 3 N–H and O–H groups in total. The molecule has 0 radical (unpaired) electrons. The van der Waals surface area contributed by atoms with Crippen LogP contribution in [-0.2, 0) is 23.8 Å². The summed E-state index contributed by atoms with van der Waals surface area (Å²) in [4.78, 5) is 24.3. The van der Waals surface area contributed by atoms with Crippen molar-refractivity contribution in [2.45, 2.75) is 77.2 Å².